The zero-order valence-electron chi connectivity index (χ0n) is 17.6. The minimum atomic E-state index is -0.338. The van der Waals surface area contributed by atoms with Crippen molar-refractivity contribution in [3.63, 3.8) is 0 Å². The van der Waals surface area contributed by atoms with Crippen molar-refractivity contribution in [2.75, 3.05) is 0 Å². The van der Waals surface area contributed by atoms with Gasteiger partial charge in [0.2, 0.25) is 0 Å². The third kappa shape index (κ3) is 4.79. The van der Waals surface area contributed by atoms with Gasteiger partial charge in [0.05, 0.1) is 0 Å². The molecule has 0 aliphatic rings. The topological polar surface area (TPSA) is 56.9 Å². The number of aryl methyl sites for hydroxylation is 1. The van der Waals surface area contributed by atoms with E-state index in [1.807, 2.05) is 39.0 Å². The van der Waals surface area contributed by atoms with Crippen molar-refractivity contribution in [2.45, 2.75) is 45.7 Å². The van der Waals surface area contributed by atoms with Gasteiger partial charge in [0.25, 0.3) is 0 Å². The lowest BCUT2D eigenvalue weighted by Crippen LogP contribution is -2.30. The second-order valence-corrected chi connectivity index (χ2v) is 8.58. The largest absolute Gasteiger partial charge is 0.346 e. The molecule has 3 aromatic rings. The van der Waals surface area contributed by atoms with Crippen LogP contribution in [0.3, 0.4) is 0 Å². The van der Waals surface area contributed by atoms with Crippen LogP contribution >= 0.6 is 11.6 Å². The number of halogens is 1. The minimum Gasteiger partial charge on any atom is -0.298 e. The van der Waals surface area contributed by atoms with Crippen LogP contribution in [-0.4, -0.2) is 20.1 Å². The maximum Gasteiger partial charge on any atom is 0.346 e. The Kier molecular flexibility index (Phi) is 6.42. The number of benzene rings is 2. The van der Waals surface area contributed by atoms with Gasteiger partial charge in [-0.15, -0.1) is 11.7 Å². The molecule has 6 heteroatoms. The second-order valence-electron chi connectivity index (χ2n) is 8.14. The molecule has 0 unspecified atom stereocenters. The molecule has 0 atom stereocenters. The average Bonchev–Trinajstić information content (AvgIpc) is 2.98. The number of carbonyl (C=O) groups excluding carboxylic acids is 1. The summed E-state index contributed by atoms with van der Waals surface area (Å²) in [5, 5.41) is 5.04. The first-order chi connectivity index (χ1) is 14.2. The van der Waals surface area contributed by atoms with Crippen molar-refractivity contribution in [3.8, 4) is 11.4 Å². The summed E-state index contributed by atoms with van der Waals surface area (Å²) in [5.74, 6) is 0.442. The average molecular weight is 424 g/mol. The molecule has 0 spiro atoms. The summed E-state index contributed by atoms with van der Waals surface area (Å²) in [6.45, 7) is 10.1. The van der Waals surface area contributed by atoms with E-state index in [-0.39, 0.29) is 23.4 Å². The smallest absolute Gasteiger partial charge is 0.298 e. The molecule has 0 radical (unpaired) electrons. The summed E-state index contributed by atoms with van der Waals surface area (Å²) in [7, 11) is 0. The molecule has 0 saturated carbocycles. The van der Waals surface area contributed by atoms with Gasteiger partial charge in [0, 0.05) is 23.6 Å². The van der Waals surface area contributed by atoms with Gasteiger partial charge in [-0.2, -0.15) is 0 Å². The Balaban J connectivity index is 1.86. The van der Waals surface area contributed by atoms with Crippen LogP contribution in [0.15, 0.2) is 66.0 Å². The van der Waals surface area contributed by atoms with Gasteiger partial charge < -0.3 is 0 Å². The maximum absolute atomic E-state index is 12.9. The fraction of sp³-hybridized carbons (Fsp3) is 0.292. The quantitative estimate of drug-likeness (QED) is 0.489. The number of hydrogen-bond acceptors (Lipinski definition) is 3. The van der Waals surface area contributed by atoms with Crippen molar-refractivity contribution in [1.82, 2.24) is 14.3 Å². The molecule has 0 bridgehead atoms. The van der Waals surface area contributed by atoms with E-state index in [0.29, 0.717) is 23.8 Å². The molecule has 0 aliphatic heterocycles. The maximum atomic E-state index is 12.9. The molecule has 0 amide bonds. The Hall–Kier alpha value is -2.92. The second kappa shape index (κ2) is 8.84. The SMILES string of the molecule is C=CCn1c(-c2ccc(Cl)cc2)nn(CC(=O)CC(C)(C)c2cccc(C)c2)c1=O. The Morgan fingerprint density at radius 3 is 2.53 bits per heavy atom. The number of aromatic nitrogens is 3. The molecule has 156 valence electrons. The lowest BCUT2D eigenvalue weighted by atomic mass is 9.79. The molecule has 2 aromatic carbocycles. The van der Waals surface area contributed by atoms with Crippen molar-refractivity contribution in [3.05, 3.63) is 87.8 Å². The van der Waals surface area contributed by atoms with E-state index in [4.69, 9.17) is 11.6 Å². The van der Waals surface area contributed by atoms with Crippen molar-refractivity contribution >= 4 is 17.4 Å². The predicted octanol–water partition coefficient (Wildman–Crippen LogP) is 4.80. The van der Waals surface area contributed by atoms with E-state index in [1.165, 1.54) is 9.25 Å². The van der Waals surface area contributed by atoms with Crippen molar-refractivity contribution in [2.24, 2.45) is 0 Å². The molecular weight excluding hydrogens is 398 g/mol. The molecule has 1 heterocycles. The lowest BCUT2D eigenvalue weighted by molar-refractivity contribution is -0.120. The molecule has 0 saturated heterocycles. The Morgan fingerprint density at radius 2 is 1.90 bits per heavy atom. The number of ketones is 1. The summed E-state index contributed by atoms with van der Waals surface area (Å²) in [4.78, 5) is 25.7. The standard InChI is InChI=1S/C24H26ClN3O2/c1-5-13-27-22(18-9-11-20(25)12-10-18)26-28(23(27)30)16-21(29)15-24(3,4)19-8-6-7-17(2)14-19/h5-12,14H,1,13,15-16H2,2-4H3. The number of rotatable bonds is 8. The lowest BCUT2D eigenvalue weighted by Gasteiger charge is -2.24. The van der Waals surface area contributed by atoms with Gasteiger partial charge >= 0.3 is 5.69 Å². The molecule has 0 N–H and O–H groups in total. The number of carbonyl (C=O) groups is 1. The molecule has 0 fully saturated rings. The molecule has 3 rings (SSSR count). The highest BCUT2D eigenvalue weighted by Gasteiger charge is 2.25. The molecular formula is C24H26ClN3O2. The van der Waals surface area contributed by atoms with Gasteiger partial charge in [0.1, 0.15) is 6.54 Å². The third-order valence-electron chi connectivity index (χ3n) is 5.10. The van der Waals surface area contributed by atoms with Gasteiger partial charge in [-0.25, -0.2) is 9.48 Å². The van der Waals surface area contributed by atoms with Crippen LogP contribution in [0.4, 0.5) is 0 Å². The van der Waals surface area contributed by atoms with Crippen LogP contribution < -0.4 is 5.69 Å². The van der Waals surface area contributed by atoms with E-state index in [9.17, 15) is 9.59 Å². The fourth-order valence-electron chi connectivity index (χ4n) is 3.53. The summed E-state index contributed by atoms with van der Waals surface area (Å²) < 4.78 is 2.75. The van der Waals surface area contributed by atoms with Crippen LogP contribution in [0.1, 0.15) is 31.4 Å². The summed E-state index contributed by atoms with van der Waals surface area (Å²) in [5.41, 5.74) is 2.34. The highest BCUT2D eigenvalue weighted by atomic mass is 35.5. The van der Waals surface area contributed by atoms with Crippen LogP contribution in [0.25, 0.3) is 11.4 Å². The zero-order chi connectivity index (χ0) is 21.9. The highest BCUT2D eigenvalue weighted by molar-refractivity contribution is 6.30. The number of allylic oxidation sites excluding steroid dienone is 1. The van der Waals surface area contributed by atoms with E-state index in [2.05, 4.69) is 17.7 Å². The first-order valence-electron chi connectivity index (χ1n) is 9.84. The monoisotopic (exact) mass is 423 g/mol. The van der Waals surface area contributed by atoms with E-state index >= 15 is 0 Å². The first-order valence-corrected chi connectivity index (χ1v) is 10.2. The van der Waals surface area contributed by atoms with Crippen molar-refractivity contribution < 1.29 is 4.79 Å². The number of Topliss-reactive ketones (excluding diaryl/α,β-unsaturated/α-hetero) is 1. The molecule has 0 aliphatic carbocycles. The van der Waals surface area contributed by atoms with Gasteiger partial charge in [-0.1, -0.05) is 61.4 Å². The van der Waals surface area contributed by atoms with Crippen LogP contribution in [0, 0.1) is 6.92 Å². The molecule has 30 heavy (non-hydrogen) atoms. The fourth-order valence-corrected chi connectivity index (χ4v) is 3.66. The first kappa shape index (κ1) is 21.8. The summed E-state index contributed by atoms with van der Waals surface area (Å²) in [6, 6.07) is 15.2. The predicted molar refractivity (Wildman–Crippen MR) is 121 cm³/mol. The summed E-state index contributed by atoms with van der Waals surface area (Å²) in [6.07, 6.45) is 1.95. The Labute approximate surface area is 181 Å². The van der Waals surface area contributed by atoms with Crippen molar-refractivity contribution in [1.29, 1.82) is 0 Å². The highest BCUT2D eigenvalue weighted by Crippen LogP contribution is 2.28. The number of hydrogen-bond donors (Lipinski definition) is 0. The van der Waals surface area contributed by atoms with Gasteiger partial charge in [0.15, 0.2) is 11.6 Å². The van der Waals surface area contributed by atoms with E-state index in [0.717, 1.165) is 16.7 Å². The van der Waals surface area contributed by atoms with Crippen LogP contribution in [-0.2, 0) is 23.3 Å². The zero-order valence-corrected chi connectivity index (χ0v) is 18.3. The summed E-state index contributed by atoms with van der Waals surface area (Å²) >= 11 is 5.97. The van der Waals surface area contributed by atoms with Crippen LogP contribution in [0.2, 0.25) is 5.02 Å². The third-order valence-corrected chi connectivity index (χ3v) is 5.35. The Morgan fingerprint density at radius 1 is 1.20 bits per heavy atom. The van der Waals surface area contributed by atoms with E-state index < -0.39 is 0 Å². The Bertz CT molecular complexity index is 1120. The van der Waals surface area contributed by atoms with Gasteiger partial charge in [-0.05, 0) is 42.2 Å². The normalized spacial score (nSPS) is 11.5. The minimum absolute atomic E-state index is 0.0467. The molecule has 5 nitrogen and oxygen atoms in total. The van der Waals surface area contributed by atoms with E-state index in [1.54, 1.807) is 30.3 Å². The van der Waals surface area contributed by atoms with Crippen LogP contribution in [0.5, 0.6) is 0 Å². The van der Waals surface area contributed by atoms with Gasteiger partial charge in [-0.3, -0.25) is 9.36 Å². The number of nitrogens with zero attached hydrogens (tertiary/aromatic N) is 3. The molecule has 1 aromatic heterocycles.